The van der Waals surface area contributed by atoms with Gasteiger partial charge in [0.15, 0.2) is 0 Å². The molecule has 0 amide bonds. The molecule has 0 radical (unpaired) electrons. The number of fused-ring (bicyclic) bond motifs is 1. The van der Waals surface area contributed by atoms with Crippen LogP contribution in [0.15, 0.2) is 30.5 Å². The van der Waals surface area contributed by atoms with E-state index in [9.17, 15) is 0 Å². The summed E-state index contributed by atoms with van der Waals surface area (Å²) in [5.74, 6) is 0. The van der Waals surface area contributed by atoms with Gasteiger partial charge in [-0.1, -0.05) is 18.2 Å². The highest BCUT2D eigenvalue weighted by atomic mass is 15.1. The first-order valence-corrected chi connectivity index (χ1v) is 7.19. The molecule has 1 fully saturated rings. The van der Waals surface area contributed by atoms with Crippen molar-refractivity contribution in [2.45, 2.75) is 25.4 Å². The zero-order chi connectivity index (χ0) is 13.2. The van der Waals surface area contributed by atoms with Crippen molar-refractivity contribution in [1.29, 1.82) is 0 Å². The van der Waals surface area contributed by atoms with E-state index >= 15 is 0 Å². The number of nitrogens with zero attached hydrogens (tertiary/aromatic N) is 2. The van der Waals surface area contributed by atoms with Crippen LogP contribution in [-0.2, 0) is 13.6 Å². The Bertz CT molecular complexity index is 552. The molecule has 1 aromatic carbocycles. The molecule has 1 unspecified atom stereocenters. The Hall–Kier alpha value is -1.32. The van der Waals surface area contributed by atoms with Crippen LogP contribution in [0, 0.1) is 0 Å². The summed E-state index contributed by atoms with van der Waals surface area (Å²) in [5, 5.41) is 4.95. The minimum atomic E-state index is 0.681. The topological polar surface area (TPSA) is 20.2 Å². The smallest absolute Gasteiger partial charge is 0.0481 e. The normalized spacial score (nSPS) is 19.6. The van der Waals surface area contributed by atoms with Gasteiger partial charge in [-0.2, -0.15) is 0 Å². The van der Waals surface area contributed by atoms with E-state index in [0.29, 0.717) is 6.04 Å². The molecule has 0 spiro atoms. The number of hydrogen-bond acceptors (Lipinski definition) is 2. The van der Waals surface area contributed by atoms with Crippen LogP contribution in [-0.4, -0.2) is 35.6 Å². The molecule has 102 valence electrons. The van der Waals surface area contributed by atoms with Crippen molar-refractivity contribution in [3.8, 4) is 0 Å². The summed E-state index contributed by atoms with van der Waals surface area (Å²) < 4.78 is 2.23. The van der Waals surface area contributed by atoms with Gasteiger partial charge in [0.1, 0.15) is 0 Å². The van der Waals surface area contributed by atoms with Crippen LogP contribution in [0.25, 0.3) is 10.9 Å². The molecule has 1 N–H and O–H groups in total. The number of aromatic nitrogens is 1. The average Bonchev–Trinajstić information content (AvgIpc) is 3.00. The minimum absolute atomic E-state index is 0.681. The second-order valence-electron chi connectivity index (χ2n) is 5.77. The van der Waals surface area contributed by atoms with Crippen LogP contribution in [0.4, 0.5) is 0 Å². The van der Waals surface area contributed by atoms with Crippen LogP contribution in [0.5, 0.6) is 0 Å². The van der Waals surface area contributed by atoms with Crippen molar-refractivity contribution in [3.05, 3.63) is 36.0 Å². The molecule has 0 bridgehead atoms. The monoisotopic (exact) mass is 257 g/mol. The minimum Gasteiger partial charge on any atom is -0.350 e. The third kappa shape index (κ3) is 2.67. The van der Waals surface area contributed by atoms with Crippen molar-refractivity contribution in [3.63, 3.8) is 0 Å². The second-order valence-corrected chi connectivity index (χ2v) is 5.77. The van der Waals surface area contributed by atoms with Crippen LogP contribution >= 0.6 is 0 Å². The number of para-hydroxylation sites is 1. The standard InChI is InChI=1S/C16H23N3/c1-18(12-14-6-5-9-17-14)10-13-11-19(2)16-8-4-3-7-15(13)16/h3-4,7-8,11,14,17H,5-6,9-10,12H2,1-2H3. The molecule has 19 heavy (non-hydrogen) atoms. The van der Waals surface area contributed by atoms with Crippen molar-refractivity contribution >= 4 is 10.9 Å². The molecule has 2 aromatic rings. The zero-order valence-electron chi connectivity index (χ0n) is 11.9. The Balaban J connectivity index is 1.73. The van der Waals surface area contributed by atoms with E-state index in [1.54, 1.807) is 0 Å². The summed E-state index contributed by atoms with van der Waals surface area (Å²) in [4.78, 5) is 2.44. The lowest BCUT2D eigenvalue weighted by molar-refractivity contribution is 0.294. The third-order valence-corrected chi connectivity index (χ3v) is 4.11. The van der Waals surface area contributed by atoms with Gasteiger partial charge < -0.3 is 14.8 Å². The Morgan fingerprint density at radius 1 is 1.37 bits per heavy atom. The zero-order valence-corrected chi connectivity index (χ0v) is 11.9. The van der Waals surface area contributed by atoms with Crippen LogP contribution < -0.4 is 5.32 Å². The molecular formula is C16H23N3. The van der Waals surface area contributed by atoms with Gasteiger partial charge in [-0.3, -0.25) is 0 Å². The van der Waals surface area contributed by atoms with Gasteiger partial charge in [0.25, 0.3) is 0 Å². The van der Waals surface area contributed by atoms with E-state index < -0.39 is 0 Å². The largest absolute Gasteiger partial charge is 0.350 e. The lowest BCUT2D eigenvalue weighted by Gasteiger charge is -2.20. The summed E-state index contributed by atoms with van der Waals surface area (Å²) in [5.41, 5.74) is 2.75. The maximum atomic E-state index is 3.57. The molecule has 1 aliphatic rings. The molecular weight excluding hydrogens is 234 g/mol. The van der Waals surface area contributed by atoms with Gasteiger partial charge in [-0.15, -0.1) is 0 Å². The Morgan fingerprint density at radius 3 is 3.00 bits per heavy atom. The van der Waals surface area contributed by atoms with E-state index in [1.165, 1.54) is 35.9 Å². The van der Waals surface area contributed by atoms with Crippen molar-refractivity contribution in [1.82, 2.24) is 14.8 Å². The first-order chi connectivity index (χ1) is 9.24. The fraction of sp³-hybridized carbons (Fsp3) is 0.500. The summed E-state index contributed by atoms with van der Waals surface area (Å²) in [6.07, 6.45) is 4.91. The van der Waals surface area contributed by atoms with Gasteiger partial charge in [0.05, 0.1) is 0 Å². The number of nitrogens with one attached hydrogen (secondary N) is 1. The molecule has 3 heteroatoms. The molecule has 1 atom stereocenters. The van der Waals surface area contributed by atoms with Crippen molar-refractivity contribution in [2.24, 2.45) is 7.05 Å². The highest BCUT2D eigenvalue weighted by Gasteiger charge is 2.16. The molecule has 3 rings (SSSR count). The van der Waals surface area contributed by atoms with Crippen molar-refractivity contribution in [2.75, 3.05) is 20.1 Å². The van der Waals surface area contributed by atoms with Crippen LogP contribution in [0.2, 0.25) is 0 Å². The van der Waals surface area contributed by atoms with Gasteiger partial charge in [-0.25, -0.2) is 0 Å². The van der Waals surface area contributed by atoms with E-state index in [4.69, 9.17) is 0 Å². The Morgan fingerprint density at radius 2 is 2.21 bits per heavy atom. The SMILES string of the molecule is CN(Cc1cn(C)c2ccccc12)CC1CCCN1. The van der Waals surface area contributed by atoms with E-state index in [1.807, 2.05) is 0 Å². The fourth-order valence-corrected chi connectivity index (χ4v) is 3.20. The van der Waals surface area contributed by atoms with Crippen LogP contribution in [0.1, 0.15) is 18.4 Å². The third-order valence-electron chi connectivity index (χ3n) is 4.11. The quantitative estimate of drug-likeness (QED) is 0.907. The first kappa shape index (κ1) is 12.7. The van der Waals surface area contributed by atoms with Crippen LogP contribution in [0.3, 0.4) is 0 Å². The lowest BCUT2D eigenvalue weighted by Crippen LogP contribution is -2.34. The number of hydrogen-bond donors (Lipinski definition) is 1. The number of benzene rings is 1. The molecule has 1 aliphatic heterocycles. The molecule has 1 saturated heterocycles. The summed E-state index contributed by atoms with van der Waals surface area (Å²) in [7, 11) is 4.35. The molecule has 2 heterocycles. The van der Waals surface area contributed by atoms with Gasteiger partial charge in [0.2, 0.25) is 0 Å². The highest BCUT2D eigenvalue weighted by molar-refractivity contribution is 5.83. The lowest BCUT2D eigenvalue weighted by atomic mass is 10.1. The highest BCUT2D eigenvalue weighted by Crippen LogP contribution is 2.21. The predicted octanol–water partition coefficient (Wildman–Crippen LogP) is 2.36. The summed E-state index contributed by atoms with van der Waals surface area (Å²) in [6.45, 7) is 3.36. The Kier molecular flexibility index (Phi) is 3.58. The number of rotatable bonds is 4. The molecule has 3 nitrogen and oxygen atoms in total. The maximum absolute atomic E-state index is 3.57. The van der Waals surface area contributed by atoms with Gasteiger partial charge >= 0.3 is 0 Å². The second kappa shape index (κ2) is 5.35. The van der Waals surface area contributed by atoms with E-state index in [0.717, 1.165) is 13.1 Å². The fourth-order valence-electron chi connectivity index (χ4n) is 3.20. The van der Waals surface area contributed by atoms with E-state index in [2.05, 4.69) is 59.3 Å². The number of likely N-dealkylation sites (N-methyl/N-ethyl adjacent to an activating group) is 1. The van der Waals surface area contributed by atoms with Gasteiger partial charge in [-0.05, 0) is 38.1 Å². The Labute approximate surface area is 115 Å². The first-order valence-electron chi connectivity index (χ1n) is 7.19. The average molecular weight is 257 g/mol. The van der Waals surface area contributed by atoms with E-state index in [-0.39, 0.29) is 0 Å². The summed E-state index contributed by atoms with van der Waals surface area (Å²) in [6, 6.07) is 9.34. The molecule has 1 aromatic heterocycles. The molecule has 0 saturated carbocycles. The van der Waals surface area contributed by atoms with Crippen molar-refractivity contribution < 1.29 is 0 Å². The molecule has 0 aliphatic carbocycles. The van der Waals surface area contributed by atoms with Gasteiger partial charge in [0, 0.05) is 43.3 Å². The predicted molar refractivity (Wildman–Crippen MR) is 80.3 cm³/mol. The number of aryl methyl sites for hydroxylation is 1. The maximum Gasteiger partial charge on any atom is 0.0481 e. The summed E-state index contributed by atoms with van der Waals surface area (Å²) >= 11 is 0.